The van der Waals surface area contributed by atoms with Gasteiger partial charge >= 0.3 is 0 Å². The van der Waals surface area contributed by atoms with E-state index in [0.717, 1.165) is 25.1 Å². The van der Waals surface area contributed by atoms with Gasteiger partial charge in [0, 0.05) is 16.6 Å². The Kier molecular flexibility index (Phi) is 7.38. The molecule has 1 aromatic rings. The van der Waals surface area contributed by atoms with Crippen molar-refractivity contribution in [2.45, 2.75) is 19.9 Å². The molecule has 0 bridgehead atoms. The SMILES string of the molecule is CCCNCc1cc(Cl)cc(Cl)c1.Cl. The van der Waals surface area contributed by atoms with Crippen molar-refractivity contribution in [1.82, 2.24) is 5.32 Å². The molecule has 1 N–H and O–H groups in total. The maximum Gasteiger partial charge on any atom is 0.0424 e. The van der Waals surface area contributed by atoms with Gasteiger partial charge in [-0.3, -0.25) is 0 Å². The number of halogens is 3. The second-order valence-electron chi connectivity index (χ2n) is 2.95. The first-order valence-electron chi connectivity index (χ1n) is 4.38. The maximum atomic E-state index is 5.85. The van der Waals surface area contributed by atoms with Gasteiger partial charge < -0.3 is 5.32 Å². The summed E-state index contributed by atoms with van der Waals surface area (Å²) in [4.78, 5) is 0. The molecule has 0 heterocycles. The van der Waals surface area contributed by atoms with E-state index in [9.17, 15) is 0 Å². The topological polar surface area (TPSA) is 12.0 Å². The van der Waals surface area contributed by atoms with E-state index in [-0.39, 0.29) is 12.4 Å². The zero-order valence-corrected chi connectivity index (χ0v) is 10.3. The Labute approximate surface area is 101 Å². The van der Waals surface area contributed by atoms with Crippen molar-refractivity contribution in [2.75, 3.05) is 6.54 Å². The lowest BCUT2D eigenvalue weighted by atomic mass is 10.2. The van der Waals surface area contributed by atoms with Crippen molar-refractivity contribution in [3.05, 3.63) is 33.8 Å². The summed E-state index contributed by atoms with van der Waals surface area (Å²) < 4.78 is 0. The van der Waals surface area contributed by atoms with Crippen molar-refractivity contribution in [2.24, 2.45) is 0 Å². The Hall–Kier alpha value is 0.0500. The molecule has 0 saturated heterocycles. The number of nitrogens with one attached hydrogen (secondary N) is 1. The molecule has 0 aliphatic rings. The number of hydrogen-bond donors (Lipinski definition) is 1. The van der Waals surface area contributed by atoms with E-state index in [1.165, 1.54) is 0 Å². The van der Waals surface area contributed by atoms with Crippen molar-refractivity contribution < 1.29 is 0 Å². The molecule has 0 unspecified atom stereocenters. The van der Waals surface area contributed by atoms with Crippen molar-refractivity contribution in [1.29, 1.82) is 0 Å². The summed E-state index contributed by atoms with van der Waals surface area (Å²) in [5, 5.41) is 4.68. The number of rotatable bonds is 4. The minimum Gasteiger partial charge on any atom is -0.313 e. The summed E-state index contributed by atoms with van der Waals surface area (Å²) in [6.45, 7) is 3.98. The van der Waals surface area contributed by atoms with E-state index in [2.05, 4.69) is 12.2 Å². The molecule has 80 valence electrons. The van der Waals surface area contributed by atoms with Gasteiger partial charge in [-0.05, 0) is 36.7 Å². The van der Waals surface area contributed by atoms with E-state index >= 15 is 0 Å². The summed E-state index contributed by atoms with van der Waals surface area (Å²) in [6, 6.07) is 5.60. The van der Waals surface area contributed by atoms with Gasteiger partial charge in [0.15, 0.2) is 0 Å². The lowest BCUT2D eigenvalue weighted by Gasteiger charge is -2.04. The van der Waals surface area contributed by atoms with Gasteiger partial charge in [-0.2, -0.15) is 0 Å². The molecule has 1 rings (SSSR count). The molecule has 0 fully saturated rings. The van der Waals surface area contributed by atoms with Gasteiger partial charge in [0.1, 0.15) is 0 Å². The van der Waals surface area contributed by atoms with E-state index in [1.807, 2.05) is 12.1 Å². The van der Waals surface area contributed by atoms with E-state index in [1.54, 1.807) is 6.07 Å². The Morgan fingerprint density at radius 1 is 1.14 bits per heavy atom. The second kappa shape index (κ2) is 7.36. The first-order valence-corrected chi connectivity index (χ1v) is 5.13. The molecule has 0 aliphatic heterocycles. The van der Waals surface area contributed by atoms with Crippen LogP contribution >= 0.6 is 35.6 Å². The fourth-order valence-corrected chi connectivity index (χ4v) is 1.69. The third kappa shape index (κ3) is 5.06. The quantitative estimate of drug-likeness (QED) is 0.803. The number of benzene rings is 1. The predicted octanol–water partition coefficient (Wildman–Crippen LogP) is 3.91. The van der Waals surface area contributed by atoms with Gasteiger partial charge in [-0.15, -0.1) is 12.4 Å². The molecule has 0 aliphatic carbocycles. The smallest absolute Gasteiger partial charge is 0.0424 e. The minimum absolute atomic E-state index is 0. The fourth-order valence-electron chi connectivity index (χ4n) is 1.12. The summed E-state index contributed by atoms with van der Waals surface area (Å²) >= 11 is 11.7. The molecule has 14 heavy (non-hydrogen) atoms. The van der Waals surface area contributed by atoms with Crippen molar-refractivity contribution in [3.8, 4) is 0 Å². The zero-order valence-electron chi connectivity index (χ0n) is 8.02. The van der Waals surface area contributed by atoms with Crippen LogP contribution in [0.5, 0.6) is 0 Å². The Bertz CT molecular complexity index is 256. The molecule has 0 atom stereocenters. The fraction of sp³-hybridized carbons (Fsp3) is 0.400. The van der Waals surface area contributed by atoms with Crippen molar-refractivity contribution >= 4 is 35.6 Å². The summed E-state index contributed by atoms with van der Waals surface area (Å²) in [5.74, 6) is 0. The highest BCUT2D eigenvalue weighted by Gasteiger charge is 1.97. The highest BCUT2D eigenvalue weighted by molar-refractivity contribution is 6.34. The molecule has 0 saturated carbocycles. The number of hydrogen-bond acceptors (Lipinski definition) is 1. The average Bonchev–Trinajstić information content (AvgIpc) is 2.03. The van der Waals surface area contributed by atoms with Gasteiger partial charge in [-0.25, -0.2) is 0 Å². The van der Waals surface area contributed by atoms with Crippen LogP contribution in [0.15, 0.2) is 18.2 Å². The highest BCUT2D eigenvalue weighted by atomic mass is 35.5. The highest BCUT2D eigenvalue weighted by Crippen LogP contribution is 2.18. The molecule has 0 aromatic heterocycles. The van der Waals surface area contributed by atoms with Crippen LogP contribution in [0.1, 0.15) is 18.9 Å². The van der Waals surface area contributed by atoms with Gasteiger partial charge in [0.2, 0.25) is 0 Å². The van der Waals surface area contributed by atoms with Crippen LogP contribution in [-0.4, -0.2) is 6.54 Å². The summed E-state index contributed by atoms with van der Waals surface area (Å²) in [5.41, 5.74) is 1.13. The maximum absolute atomic E-state index is 5.85. The van der Waals surface area contributed by atoms with Crippen LogP contribution in [0.4, 0.5) is 0 Å². The molecular formula is C10H14Cl3N. The molecule has 1 aromatic carbocycles. The Morgan fingerprint density at radius 3 is 2.21 bits per heavy atom. The lowest BCUT2D eigenvalue weighted by Crippen LogP contribution is -2.13. The molecule has 0 amide bonds. The van der Waals surface area contributed by atoms with Gasteiger partial charge in [-0.1, -0.05) is 30.1 Å². The first kappa shape index (κ1) is 14.1. The van der Waals surface area contributed by atoms with Crippen LogP contribution in [0.3, 0.4) is 0 Å². The summed E-state index contributed by atoms with van der Waals surface area (Å²) in [7, 11) is 0. The first-order chi connectivity index (χ1) is 6.22. The standard InChI is InChI=1S/C10H13Cl2N.ClH/c1-2-3-13-7-8-4-9(11)6-10(12)5-8;/h4-6,13H,2-3,7H2,1H3;1H. The lowest BCUT2D eigenvalue weighted by molar-refractivity contribution is 0.675. The summed E-state index contributed by atoms with van der Waals surface area (Å²) in [6.07, 6.45) is 1.13. The van der Waals surface area contributed by atoms with Gasteiger partial charge in [0.25, 0.3) is 0 Å². The van der Waals surface area contributed by atoms with Crippen molar-refractivity contribution in [3.63, 3.8) is 0 Å². The van der Waals surface area contributed by atoms with Crippen LogP contribution in [0.2, 0.25) is 10.0 Å². The second-order valence-corrected chi connectivity index (χ2v) is 3.83. The monoisotopic (exact) mass is 253 g/mol. The largest absolute Gasteiger partial charge is 0.313 e. The average molecular weight is 255 g/mol. The third-order valence-electron chi connectivity index (χ3n) is 1.68. The van der Waals surface area contributed by atoms with Gasteiger partial charge in [0.05, 0.1) is 0 Å². The van der Waals surface area contributed by atoms with E-state index in [0.29, 0.717) is 10.0 Å². The Morgan fingerprint density at radius 2 is 1.71 bits per heavy atom. The van der Waals surface area contributed by atoms with E-state index < -0.39 is 0 Å². The normalized spacial score (nSPS) is 9.64. The van der Waals surface area contributed by atoms with E-state index in [4.69, 9.17) is 23.2 Å². The van der Waals surface area contributed by atoms with Crippen LogP contribution in [-0.2, 0) is 6.54 Å². The third-order valence-corrected chi connectivity index (χ3v) is 2.11. The van der Waals surface area contributed by atoms with Crippen LogP contribution < -0.4 is 5.32 Å². The minimum atomic E-state index is 0. The molecular weight excluding hydrogens is 240 g/mol. The molecule has 4 heteroatoms. The molecule has 0 radical (unpaired) electrons. The molecule has 0 spiro atoms. The van der Waals surface area contributed by atoms with Crippen LogP contribution in [0, 0.1) is 0 Å². The zero-order chi connectivity index (χ0) is 9.68. The molecule has 1 nitrogen and oxygen atoms in total. The Balaban J connectivity index is 0.00000169. The van der Waals surface area contributed by atoms with Crippen LogP contribution in [0.25, 0.3) is 0 Å². The predicted molar refractivity (Wildman–Crippen MR) is 65.7 cm³/mol.